The lowest BCUT2D eigenvalue weighted by Crippen LogP contribution is -2.40. The second-order valence-corrected chi connectivity index (χ2v) is 5.56. The van der Waals surface area contributed by atoms with Crippen molar-refractivity contribution in [3.8, 4) is 0 Å². The molecule has 0 saturated heterocycles. The number of amides is 1. The highest BCUT2D eigenvalue weighted by molar-refractivity contribution is 5.97. The summed E-state index contributed by atoms with van der Waals surface area (Å²) in [6.45, 7) is 2.07. The van der Waals surface area contributed by atoms with Gasteiger partial charge < -0.3 is 10.0 Å². The molecule has 4 heteroatoms. The first kappa shape index (κ1) is 14.6. The molecule has 0 aromatic heterocycles. The molecule has 0 atom stereocenters. The van der Waals surface area contributed by atoms with E-state index >= 15 is 0 Å². The molecule has 1 fully saturated rings. The van der Waals surface area contributed by atoms with Gasteiger partial charge in [-0.05, 0) is 43.5 Å². The van der Waals surface area contributed by atoms with Crippen molar-refractivity contribution in [2.24, 2.45) is 5.41 Å². The molecule has 1 aromatic carbocycles. The Balaban J connectivity index is 2.19. The van der Waals surface area contributed by atoms with E-state index in [1.165, 1.54) is 12.1 Å². The number of carbonyl (C=O) groups is 2. The summed E-state index contributed by atoms with van der Waals surface area (Å²) in [5.74, 6) is -0.799. The molecule has 0 heterocycles. The van der Waals surface area contributed by atoms with Gasteiger partial charge in [0, 0.05) is 18.2 Å². The van der Waals surface area contributed by atoms with Crippen LogP contribution in [-0.2, 0) is 4.79 Å². The molecule has 4 nitrogen and oxygen atoms in total. The topological polar surface area (TPSA) is 57.6 Å². The predicted molar refractivity (Wildman–Crippen MR) is 78.0 cm³/mol. The minimum Gasteiger partial charge on any atom is -0.478 e. The average Bonchev–Trinajstić information content (AvgIpc) is 2.96. The predicted octanol–water partition coefficient (Wildman–Crippen LogP) is 3.32. The first-order valence-corrected chi connectivity index (χ1v) is 7.12. The number of carboxylic acid groups (broad SMARTS) is 1. The van der Waals surface area contributed by atoms with Gasteiger partial charge in [-0.25, -0.2) is 4.79 Å². The minimum absolute atomic E-state index is 0.153. The molecule has 20 heavy (non-hydrogen) atoms. The van der Waals surface area contributed by atoms with Crippen LogP contribution in [0.4, 0.5) is 5.69 Å². The van der Waals surface area contributed by atoms with Gasteiger partial charge in [0.1, 0.15) is 0 Å². The number of carboxylic acids is 1. The number of nitrogens with zero attached hydrogens (tertiary/aromatic N) is 1. The zero-order chi connectivity index (χ0) is 14.8. The van der Waals surface area contributed by atoms with E-state index in [-0.39, 0.29) is 16.9 Å². The molecule has 0 aliphatic heterocycles. The van der Waals surface area contributed by atoms with Crippen molar-refractivity contribution in [2.75, 3.05) is 11.9 Å². The van der Waals surface area contributed by atoms with Crippen LogP contribution >= 0.6 is 0 Å². The van der Waals surface area contributed by atoms with E-state index in [1.807, 2.05) is 0 Å². The summed E-state index contributed by atoms with van der Waals surface area (Å²) in [5.41, 5.74) is 0.764. The maximum absolute atomic E-state index is 12.7. The molecule has 108 valence electrons. The van der Waals surface area contributed by atoms with Crippen LogP contribution < -0.4 is 4.90 Å². The Kier molecular flexibility index (Phi) is 4.12. The number of anilines is 1. The van der Waals surface area contributed by atoms with Crippen LogP contribution in [0.1, 0.15) is 49.4 Å². The molecule has 0 bridgehead atoms. The van der Waals surface area contributed by atoms with Gasteiger partial charge in [-0.1, -0.05) is 19.8 Å². The van der Waals surface area contributed by atoms with E-state index in [2.05, 4.69) is 6.92 Å². The van der Waals surface area contributed by atoms with Crippen molar-refractivity contribution < 1.29 is 14.7 Å². The second kappa shape index (κ2) is 5.65. The van der Waals surface area contributed by atoms with E-state index in [9.17, 15) is 9.59 Å². The highest BCUT2D eigenvalue weighted by atomic mass is 16.4. The standard InChI is InChI=1S/C16H21NO3/c1-3-16(10-4-5-11-16)15(20)17(2)13-8-6-12(7-9-13)14(18)19/h6-9H,3-5,10-11H2,1-2H3,(H,18,19). The molecule has 1 saturated carbocycles. The lowest BCUT2D eigenvalue weighted by molar-refractivity contribution is -0.127. The lowest BCUT2D eigenvalue weighted by Gasteiger charge is -2.31. The van der Waals surface area contributed by atoms with Crippen molar-refractivity contribution in [1.82, 2.24) is 0 Å². The van der Waals surface area contributed by atoms with Crippen molar-refractivity contribution in [1.29, 1.82) is 0 Å². The van der Waals surface area contributed by atoms with Gasteiger partial charge in [-0.2, -0.15) is 0 Å². The summed E-state index contributed by atoms with van der Waals surface area (Å²) < 4.78 is 0. The third kappa shape index (κ3) is 2.55. The Morgan fingerprint density at radius 2 is 1.75 bits per heavy atom. The van der Waals surface area contributed by atoms with E-state index in [0.717, 1.165) is 37.8 Å². The van der Waals surface area contributed by atoms with Crippen LogP contribution in [0, 0.1) is 5.41 Å². The fourth-order valence-corrected chi connectivity index (χ4v) is 3.07. The number of carbonyl (C=O) groups excluding carboxylic acids is 1. The Hall–Kier alpha value is -1.84. The SMILES string of the molecule is CCC1(C(=O)N(C)c2ccc(C(=O)O)cc2)CCCC1. The van der Waals surface area contributed by atoms with E-state index in [1.54, 1.807) is 24.1 Å². The van der Waals surface area contributed by atoms with E-state index in [0.29, 0.717) is 0 Å². The highest BCUT2D eigenvalue weighted by Crippen LogP contribution is 2.42. The van der Waals surface area contributed by atoms with E-state index < -0.39 is 5.97 Å². The fourth-order valence-electron chi connectivity index (χ4n) is 3.07. The molecular formula is C16H21NO3. The quantitative estimate of drug-likeness (QED) is 0.917. The van der Waals surface area contributed by atoms with Gasteiger partial charge in [0.2, 0.25) is 5.91 Å². The molecule has 1 aliphatic carbocycles. The van der Waals surface area contributed by atoms with Crippen molar-refractivity contribution >= 4 is 17.6 Å². The van der Waals surface area contributed by atoms with Gasteiger partial charge >= 0.3 is 5.97 Å². The Morgan fingerprint density at radius 3 is 2.20 bits per heavy atom. The molecule has 1 aliphatic rings. The van der Waals surface area contributed by atoms with Gasteiger partial charge in [-0.15, -0.1) is 0 Å². The highest BCUT2D eigenvalue weighted by Gasteiger charge is 2.41. The molecule has 0 unspecified atom stereocenters. The van der Waals surface area contributed by atoms with Crippen LogP contribution in [0.3, 0.4) is 0 Å². The molecule has 1 aromatic rings. The number of hydrogen-bond acceptors (Lipinski definition) is 2. The monoisotopic (exact) mass is 275 g/mol. The average molecular weight is 275 g/mol. The smallest absolute Gasteiger partial charge is 0.335 e. The Morgan fingerprint density at radius 1 is 1.20 bits per heavy atom. The van der Waals surface area contributed by atoms with Crippen LogP contribution in [-0.4, -0.2) is 24.0 Å². The van der Waals surface area contributed by atoms with Gasteiger partial charge in [-0.3, -0.25) is 4.79 Å². The van der Waals surface area contributed by atoms with Gasteiger partial charge in [0.05, 0.1) is 5.56 Å². The van der Waals surface area contributed by atoms with Crippen molar-refractivity contribution in [2.45, 2.75) is 39.0 Å². The van der Waals surface area contributed by atoms with Gasteiger partial charge in [0.25, 0.3) is 0 Å². The van der Waals surface area contributed by atoms with Crippen molar-refractivity contribution in [3.05, 3.63) is 29.8 Å². The zero-order valence-electron chi connectivity index (χ0n) is 12.1. The summed E-state index contributed by atoms with van der Waals surface area (Å²) in [6, 6.07) is 6.46. The van der Waals surface area contributed by atoms with Crippen LogP contribution in [0.15, 0.2) is 24.3 Å². The maximum atomic E-state index is 12.7. The first-order valence-electron chi connectivity index (χ1n) is 7.12. The van der Waals surface area contributed by atoms with Crippen molar-refractivity contribution in [3.63, 3.8) is 0 Å². The first-order chi connectivity index (χ1) is 9.50. The molecule has 1 amide bonds. The Labute approximate surface area is 119 Å². The third-order valence-corrected chi connectivity index (χ3v) is 4.50. The lowest BCUT2D eigenvalue weighted by atomic mass is 9.82. The number of aromatic carboxylic acids is 1. The number of hydrogen-bond donors (Lipinski definition) is 1. The number of benzene rings is 1. The van der Waals surface area contributed by atoms with Crippen LogP contribution in [0.5, 0.6) is 0 Å². The summed E-state index contributed by atoms with van der Waals surface area (Å²) in [5, 5.41) is 8.89. The zero-order valence-corrected chi connectivity index (χ0v) is 12.1. The minimum atomic E-state index is -0.952. The van der Waals surface area contributed by atoms with Crippen LogP contribution in [0.2, 0.25) is 0 Å². The van der Waals surface area contributed by atoms with Gasteiger partial charge in [0.15, 0.2) is 0 Å². The summed E-state index contributed by atoms with van der Waals surface area (Å²) in [4.78, 5) is 25.2. The Bertz CT molecular complexity index is 501. The molecule has 0 radical (unpaired) electrons. The normalized spacial score (nSPS) is 16.9. The largest absolute Gasteiger partial charge is 0.478 e. The molecule has 2 rings (SSSR count). The molecule has 0 spiro atoms. The summed E-state index contributed by atoms with van der Waals surface area (Å²) in [6.07, 6.45) is 5.01. The summed E-state index contributed by atoms with van der Waals surface area (Å²) >= 11 is 0. The molecule has 1 N–H and O–H groups in total. The third-order valence-electron chi connectivity index (χ3n) is 4.50. The number of rotatable bonds is 4. The summed E-state index contributed by atoms with van der Waals surface area (Å²) in [7, 11) is 1.77. The fraction of sp³-hybridized carbons (Fsp3) is 0.500. The van der Waals surface area contributed by atoms with Crippen LogP contribution in [0.25, 0.3) is 0 Å². The second-order valence-electron chi connectivity index (χ2n) is 5.56. The van der Waals surface area contributed by atoms with E-state index in [4.69, 9.17) is 5.11 Å². The molecular weight excluding hydrogens is 254 g/mol. The maximum Gasteiger partial charge on any atom is 0.335 e.